The minimum atomic E-state index is -1.05. The van der Waals surface area contributed by atoms with Crippen LogP contribution in [0.15, 0.2) is 84.9 Å². The van der Waals surface area contributed by atoms with Crippen LogP contribution in [0.25, 0.3) is 0 Å². The molecule has 0 aromatic heterocycles. The fraction of sp³-hybridized carbons (Fsp3) is 0.217. The van der Waals surface area contributed by atoms with Crippen LogP contribution in [-0.2, 0) is 6.42 Å². The van der Waals surface area contributed by atoms with Crippen LogP contribution < -0.4 is 15.9 Å². The van der Waals surface area contributed by atoms with Gasteiger partial charge in [0.25, 0.3) is 0 Å². The maximum absolute atomic E-state index is 2.47. The van der Waals surface area contributed by atoms with Crippen molar-refractivity contribution < 1.29 is 0 Å². The predicted octanol–water partition coefficient (Wildman–Crippen LogP) is 5.33. The topological polar surface area (TPSA) is 0 Å². The Labute approximate surface area is 154 Å². The number of rotatable bonds is 6. The highest BCUT2D eigenvalue weighted by atomic mass is 31.1. The molecule has 0 atom stereocenters. The number of hydrogen-bond acceptors (Lipinski definition) is 0. The number of benzene rings is 3. The largest absolute Gasteiger partial charge is 0.0695 e. The van der Waals surface area contributed by atoms with E-state index in [9.17, 15) is 0 Å². The SMILES string of the molecule is C[Si](C)(C)CCc1ccccc1P(c1ccccc1)c1ccccc1. The Morgan fingerprint density at radius 3 is 1.64 bits per heavy atom. The van der Waals surface area contributed by atoms with Gasteiger partial charge in [0.1, 0.15) is 0 Å². The molecule has 3 aromatic rings. The average Bonchev–Trinajstić information content (AvgIpc) is 2.62. The fourth-order valence-electron chi connectivity index (χ4n) is 3.03. The summed E-state index contributed by atoms with van der Waals surface area (Å²) in [5.74, 6) is 0. The van der Waals surface area contributed by atoms with E-state index in [1.807, 2.05) is 0 Å². The van der Waals surface area contributed by atoms with Crippen molar-refractivity contribution in [1.29, 1.82) is 0 Å². The maximum Gasteiger partial charge on any atom is 0.0445 e. The molecule has 0 nitrogen and oxygen atoms in total. The third-order valence-corrected chi connectivity index (χ3v) is 8.70. The molecular weight excluding hydrogens is 335 g/mol. The van der Waals surface area contributed by atoms with E-state index in [2.05, 4.69) is 105 Å². The summed E-state index contributed by atoms with van der Waals surface area (Å²) >= 11 is 0. The molecule has 0 aliphatic rings. The minimum absolute atomic E-state index is 0.499. The second-order valence-corrected chi connectivity index (χ2v) is 15.5. The predicted molar refractivity (Wildman–Crippen MR) is 117 cm³/mol. The monoisotopic (exact) mass is 362 g/mol. The molecule has 0 fully saturated rings. The van der Waals surface area contributed by atoms with Crippen molar-refractivity contribution in [3.8, 4) is 0 Å². The standard InChI is InChI=1S/C23H27PSi/c1-25(2,3)19-18-20-12-10-11-17-23(20)24(21-13-6-4-7-14-21)22-15-8-5-9-16-22/h4-17H,18-19H2,1-3H3. The molecule has 0 heterocycles. The van der Waals surface area contributed by atoms with Crippen LogP contribution in [0.3, 0.4) is 0 Å². The van der Waals surface area contributed by atoms with Crippen LogP contribution in [0.5, 0.6) is 0 Å². The van der Waals surface area contributed by atoms with E-state index in [-0.39, 0.29) is 0 Å². The van der Waals surface area contributed by atoms with E-state index in [0.717, 1.165) is 0 Å². The van der Waals surface area contributed by atoms with Gasteiger partial charge in [-0.25, -0.2) is 0 Å². The van der Waals surface area contributed by atoms with Crippen molar-refractivity contribution in [2.75, 3.05) is 0 Å². The second-order valence-electron chi connectivity index (χ2n) is 7.70. The smallest absolute Gasteiger partial charge is 0.0445 e. The molecule has 128 valence electrons. The number of aryl methyl sites for hydroxylation is 1. The first-order valence-corrected chi connectivity index (χ1v) is 14.1. The lowest BCUT2D eigenvalue weighted by atomic mass is 10.2. The van der Waals surface area contributed by atoms with Crippen LogP contribution in [0.2, 0.25) is 25.7 Å². The molecule has 0 aliphatic heterocycles. The first kappa shape index (κ1) is 18.1. The van der Waals surface area contributed by atoms with Gasteiger partial charge in [0, 0.05) is 8.07 Å². The third-order valence-electron chi connectivity index (χ3n) is 4.41. The Morgan fingerprint density at radius 2 is 1.12 bits per heavy atom. The van der Waals surface area contributed by atoms with Gasteiger partial charge >= 0.3 is 0 Å². The zero-order valence-electron chi connectivity index (χ0n) is 15.4. The minimum Gasteiger partial charge on any atom is -0.0695 e. The van der Waals surface area contributed by atoms with Gasteiger partial charge in [-0.05, 0) is 35.8 Å². The Bertz CT molecular complexity index is 752. The summed E-state index contributed by atoms with van der Waals surface area (Å²) in [7, 11) is -1.55. The molecule has 0 spiro atoms. The lowest BCUT2D eigenvalue weighted by Gasteiger charge is -2.23. The third kappa shape index (κ3) is 4.90. The summed E-state index contributed by atoms with van der Waals surface area (Å²) in [5, 5.41) is 4.39. The lowest BCUT2D eigenvalue weighted by Crippen LogP contribution is -2.25. The van der Waals surface area contributed by atoms with Gasteiger partial charge in [-0.1, -0.05) is 111 Å². The van der Waals surface area contributed by atoms with Gasteiger partial charge < -0.3 is 0 Å². The summed E-state index contributed by atoms with van der Waals surface area (Å²) in [5.41, 5.74) is 1.53. The molecule has 3 rings (SSSR count). The summed E-state index contributed by atoms with van der Waals surface area (Å²) in [6.07, 6.45) is 1.20. The molecule has 0 radical (unpaired) electrons. The van der Waals surface area contributed by atoms with E-state index in [4.69, 9.17) is 0 Å². The Kier molecular flexibility index (Phi) is 5.88. The first-order chi connectivity index (χ1) is 12.0. The zero-order chi connectivity index (χ0) is 17.7. The second kappa shape index (κ2) is 8.12. The normalized spacial score (nSPS) is 11.7. The summed E-state index contributed by atoms with van der Waals surface area (Å²) < 4.78 is 0. The molecule has 3 aromatic carbocycles. The molecule has 0 N–H and O–H groups in total. The quantitative estimate of drug-likeness (QED) is 0.411. The van der Waals surface area contributed by atoms with Gasteiger partial charge in [-0.15, -0.1) is 0 Å². The van der Waals surface area contributed by atoms with Crippen molar-refractivity contribution in [2.45, 2.75) is 32.1 Å². The van der Waals surface area contributed by atoms with Crippen LogP contribution in [0.1, 0.15) is 5.56 Å². The van der Waals surface area contributed by atoms with Gasteiger partial charge in [-0.3, -0.25) is 0 Å². The average molecular weight is 363 g/mol. The molecule has 0 amide bonds. The van der Waals surface area contributed by atoms with E-state index in [0.29, 0.717) is 0 Å². The number of hydrogen-bond donors (Lipinski definition) is 0. The van der Waals surface area contributed by atoms with E-state index < -0.39 is 16.0 Å². The molecule has 0 aliphatic carbocycles. The van der Waals surface area contributed by atoms with E-state index >= 15 is 0 Å². The lowest BCUT2D eigenvalue weighted by molar-refractivity contribution is 1.10. The highest BCUT2D eigenvalue weighted by Gasteiger charge is 2.20. The van der Waals surface area contributed by atoms with Crippen molar-refractivity contribution in [3.05, 3.63) is 90.5 Å². The molecular formula is C23H27PSi. The van der Waals surface area contributed by atoms with Crippen molar-refractivity contribution >= 4 is 31.9 Å². The molecule has 25 heavy (non-hydrogen) atoms. The fourth-order valence-corrected chi connectivity index (χ4v) is 6.55. The Morgan fingerprint density at radius 1 is 0.640 bits per heavy atom. The van der Waals surface area contributed by atoms with Crippen molar-refractivity contribution in [3.63, 3.8) is 0 Å². The van der Waals surface area contributed by atoms with Gasteiger partial charge in [-0.2, -0.15) is 0 Å². The van der Waals surface area contributed by atoms with Crippen LogP contribution >= 0.6 is 7.92 Å². The highest BCUT2D eigenvalue weighted by Crippen LogP contribution is 2.34. The molecule has 2 heteroatoms. The summed E-state index contributed by atoms with van der Waals surface area (Å²) in [6.45, 7) is 7.40. The van der Waals surface area contributed by atoms with Crippen LogP contribution in [0.4, 0.5) is 0 Å². The van der Waals surface area contributed by atoms with Crippen LogP contribution in [-0.4, -0.2) is 8.07 Å². The highest BCUT2D eigenvalue weighted by molar-refractivity contribution is 7.79. The first-order valence-electron chi connectivity index (χ1n) is 9.03. The zero-order valence-corrected chi connectivity index (χ0v) is 17.3. The molecule has 0 bridgehead atoms. The van der Waals surface area contributed by atoms with E-state index in [1.54, 1.807) is 0 Å². The summed E-state index contributed by atoms with van der Waals surface area (Å²) in [4.78, 5) is 0. The molecule has 0 unspecified atom stereocenters. The summed E-state index contributed by atoms with van der Waals surface area (Å²) in [6, 6.07) is 32.5. The molecule has 0 saturated heterocycles. The van der Waals surface area contributed by atoms with Crippen molar-refractivity contribution in [1.82, 2.24) is 0 Å². The van der Waals surface area contributed by atoms with Gasteiger partial charge in [0.15, 0.2) is 0 Å². The maximum atomic E-state index is 2.47. The van der Waals surface area contributed by atoms with Crippen molar-refractivity contribution in [2.24, 2.45) is 0 Å². The Balaban J connectivity index is 2.06. The van der Waals surface area contributed by atoms with Gasteiger partial charge in [0.2, 0.25) is 0 Å². The van der Waals surface area contributed by atoms with Gasteiger partial charge in [0.05, 0.1) is 0 Å². The molecule has 0 saturated carbocycles. The van der Waals surface area contributed by atoms with E-state index in [1.165, 1.54) is 33.9 Å². The van der Waals surface area contributed by atoms with Crippen LogP contribution in [0, 0.1) is 0 Å². The Hall–Kier alpha value is -1.69.